The number of carbonyl (C=O) groups is 2. The summed E-state index contributed by atoms with van der Waals surface area (Å²) >= 11 is 0. The van der Waals surface area contributed by atoms with Crippen LogP contribution in [-0.4, -0.2) is 28.9 Å². The Morgan fingerprint density at radius 2 is 2.25 bits per heavy atom. The van der Waals surface area contributed by atoms with Gasteiger partial charge in [-0.05, 0) is 13.0 Å². The van der Waals surface area contributed by atoms with Crippen LogP contribution in [0.25, 0.3) is 0 Å². The van der Waals surface area contributed by atoms with Crippen LogP contribution in [0, 0.1) is 0 Å². The van der Waals surface area contributed by atoms with Crippen LogP contribution in [0.2, 0.25) is 0 Å². The molecule has 1 rings (SSSR count). The van der Waals surface area contributed by atoms with Crippen LogP contribution in [0.3, 0.4) is 0 Å². The van der Waals surface area contributed by atoms with E-state index >= 15 is 0 Å². The number of amides is 1. The largest absolute Gasteiger partial charge is 0.478 e. The molecule has 1 amide bonds. The van der Waals surface area contributed by atoms with Crippen LogP contribution in [0.1, 0.15) is 6.92 Å². The zero-order valence-electron chi connectivity index (χ0n) is 6.87. The van der Waals surface area contributed by atoms with Crippen LogP contribution in [0.4, 0.5) is 0 Å². The van der Waals surface area contributed by atoms with Gasteiger partial charge in [-0.1, -0.05) is 0 Å². The Labute approximate surface area is 69.8 Å². The molecular weight excluding hydrogens is 158 g/mol. The molecule has 1 aliphatic rings. The molecule has 0 aliphatic carbocycles. The topological polar surface area (TPSA) is 57.6 Å². The molecule has 1 aliphatic heterocycles. The van der Waals surface area contributed by atoms with E-state index in [1.165, 1.54) is 4.90 Å². The molecule has 4 heteroatoms. The monoisotopic (exact) mass is 167 g/mol. The van der Waals surface area contributed by atoms with Crippen molar-refractivity contribution in [1.82, 2.24) is 4.90 Å². The van der Waals surface area contributed by atoms with Crippen molar-refractivity contribution in [3.05, 3.63) is 23.4 Å². The number of carboxylic acid groups (broad SMARTS) is 1. The quantitative estimate of drug-likeness (QED) is 0.574. The number of hydrogen-bond donors (Lipinski definition) is 1. The van der Waals surface area contributed by atoms with Gasteiger partial charge in [0.1, 0.15) is 0 Å². The van der Waals surface area contributed by atoms with Crippen LogP contribution in [0.15, 0.2) is 23.4 Å². The number of likely N-dealkylation sites (N-methyl/N-ethyl adjacent to an activating group) is 1. The van der Waals surface area contributed by atoms with Gasteiger partial charge in [-0.3, -0.25) is 4.79 Å². The van der Waals surface area contributed by atoms with Crippen molar-refractivity contribution in [3.63, 3.8) is 0 Å². The van der Waals surface area contributed by atoms with Gasteiger partial charge >= 0.3 is 5.97 Å². The summed E-state index contributed by atoms with van der Waals surface area (Å²) in [7, 11) is 1.55. The third-order valence-electron chi connectivity index (χ3n) is 1.67. The van der Waals surface area contributed by atoms with E-state index in [9.17, 15) is 9.59 Å². The summed E-state index contributed by atoms with van der Waals surface area (Å²) in [6, 6.07) is 0. The van der Waals surface area contributed by atoms with Crippen LogP contribution in [-0.2, 0) is 9.59 Å². The zero-order chi connectivity index (χ0) is 9.30. The van der Waals surface area contributed by atoms with Gasteiger partial charge in [0.05, 0.1) is 5.70 Å². The summed E-state index contributed by atoms with van der Waals surface area (Å²) in [5, 5.41) is 8.42. The molecule has 0 spiro atoms. The van der Waals surface area contributed by atoms with Crippen LogP contribution >= 0.6 is 0 Å². The number of carboxylic acids is 1. The lowest BCUT2D eigenvalue weighted by Crippen LogP contribution is -2.20. The zero-order valence-corrected chi connectivity index (χ0v) is 6.87. The molecule has 0 aromatic carbocycles. The Balaban J connectivity index is 2.98. The Hall–Kier alpha value is -1.58. The van der Waals surface area contributed by atoms with Gasteiger partial charge in [-0.25, -0.2) is 4.79 Å². The second kappa shape index (κ2) is 2.81. The predicted octanol–water partition coefficient (Wildman–Crippen LogP) is 0.373. The molecule has 1 N–H and O–H groups in total. The maximum Gasteiger partial charge on any atom is 0.330 e. The van der Waals surface area contributed by atoms with Crippen molar-refractivity contribution >= 4 is 11.9 Å². The van der Waals surface area contributed by atoms with E-state index < -0.39 is 5.97 Å². The van der Waals surface area contributed by atoms with Gasteiger partial charge in [-0.15, -0.1) is 0 Å². The van der Waals surface area contributed by atoms with E-state index in [0.29, 0.717) is 11.3 Å². The highest BCUT2D eigenvalue weighted by Crippen LogP contribution is 2.18. The van der Waals surface area contributed by atoms with Gasteiger partial charge in [0.15, 0.2) is 0 Å². The first-order valence-corrected chi connectivity index (χ1v) is 3.43. The van der Waals surface area contributed by atoms with Crippen molar-refractivity contribution in [3.8, 4) is 0 Å². The molecule has 4 nitrogen and oxygen atoms in total. The van der Waals surface area contributed by atoms with E-state index in [0.717, 1.165) is 6.08 Å². The summed E-state index contributed by atoms with van der Waals surface area (Å²) in [6.45, 7) is 1.65. The van der Waals surface area contributed by atoms with Crippen molar-refractivity contribution in [2.45, 2.75) is 6.92 Å². The fourth-order valence-electron chi connectivity index (χ4n) is 1.03. The number of hydrogen-bond acceptors (Lipinski definition) is 2. The van der Waals surface area contributed by atoms with Gasteiger partial charge in [0, 0.05) is 18.7 Å². The number of aliphatic carboxylic acids is 1. The van der Waals surface area contributed by atoms with Crippen LogP contribution in [0.5, 0.6) is 0 Å². The highest BCUT2D eigenvalue weighted by molar-refractivity contribution is 5.99. The minimum Gasteiger partial charge on any atom is -0.478 e. The smallest absolute Gasteiger partial charge is 0.330 e. The Kier molecular flexibility index (Phi) is 1.99. The Bertz CT molecular complexity index is 301. The molecule has 64 valence electrons. The second-order valence-electron chi connectivity index (χ2n) is 2.60. The Morgan fingerprint density at radius 1 is 1.67 bits per heavy atom. The molecule has 1 heterocycles. The lowest BCUT2D eigenvalue weighted by molar-refractivity contribution is -0.131. The summed E-state index contributed by atoms with van der Waals surface area (Å²) in [5.41, 5.74) is 0.981. The highest BCUT2D eigenvalue weighted by Gasteiger charge is 2.21. The van der Waals surface area contributed by atoms with Gasteiger partial charge in [-0.2, -0.15) is 0 Å². The molecule has 0 radical (unpaired) electrons. The molecule has 0 aromatic heterocycles. The van der Waals surface area contributed by atoms with E-state index in [-0.39, 0.29) is 5.91 Å². The van der Waals surface area contributed by atoms with Crippen molar-refractivity contribution in [2.24, 2.45) is 0 Å². The SMILES string of the molecule is CC1=C/C(=C\C(=O)O)N(C)C1=O. The van der Waals surface area contributed by atoms with Crippen molar-refractivity contribution in [2.75, 3.05) is 7.05 Å². The van der Waals surface area contributed by atoms with Crippen molar-refractivity contribution < 1.29 is 14.7 Å². The summed E-state index contributed by atoms with van der Waals surface area (Å²) in [4.78, 5) is 22.7. The van der Waals surface area contributed by atoms with E-state index in [4.69, 9.17) is 5.11 Å². The van der Waals surface area contributed by atoms with Gasteiger partial charge in [0.25, 0.3) is 5.91 Å². The highest BCUT2D eigenvalue weighted by atomic mass is 16.4. The summed E-state index contributed by atoms with van der Waals surface area (Å²) in [5.74, 6) is -1.20. The molecule has 0 unspecified atom stereocenters. The van der Waals surface area contributed by atoms with Gasteiger partial charge < -0.3 is 10.0 Å². The molecule has 0 saturated heterocycles. The number of allylic oxidation sites excluding steroid dienone is 1. The summed E-state index contributed by atoms with van der Waals surface area (Å²) < 4.78 is 0. The Morgan fingerprint density at radius 3 is 2.58 bits per heavy atom. The molecule has 0 aromatic rings. The van der Waals surface area contributed by atoms with E-state index in [1.54, 1.807) is 20.0 Å². The second-order valence-corrected chi connectivity index (χ2v) is 2.60. The van der Waals surface area contributed by atoms with E-state index in [1.807, 2.05) is 0 Å². The molecule has 0 atom stereocenters. The number of nitrogens with zero attached hydrogens (tertiary/aromatic N) is 1. The average Bonchev–Trinajstić information content (AvgIpc) is 2.17. The number of rotatable bonds is 1. The lowest BCUT2D eigenvalue weighted by Gasteiger charge is -2.09. The van der Waals surface area contributed by atoms with Crippen LogP contribution < -0.4 is 0 Å². The minimum atomic E-state index is -1.05. The fraction of sp³-hybridized carbons (Fsp3) is 0.250. The third-order valence-corrected chi connectivity index (χ3v) is 1.67. The maximum atomic E-state index is 11.1. The molecule has 0 saturated carbocycles. The van der Waals surface area contributed by atoms with E-state index in [2.05, 4.69) is 0 Å². The predicted molar refractivity (Wildman–Crippen MR) is 42.2 cm³/mol. The minimum absolute atomic E-state index is 0.150. The summed E-state index contributed by atoms with van der Waals surface area (Å²) in [6.07, 6.45) is 2.56. The molecular formula is C8H9NO3. The first-order valence-electron chi connectivity index (χ1n) is 3.43. The van der Waals surface area contributed by atoms with Crippen molar-refractivity contribution in [1.29, 1.82) is 0 Å². The standard InChI is InChI=1S/C8H9NO3/c1-5-3-6(4-7(10)11)9(2)8(5)12/h3-4H,1-2H3,(H,10,11)/b6-4+. The normalized spacial score (nSPS) is 20.2. The third kappa shape index (κ3) is 1.37. The molecule has 0 fully saturated rings. The maximum absolute atomic E-state index is 11.1. The lowest BCUT2D eigenvalue weighted by atomic mass is 10.3. The first kappa shape index (κ1) is 8.52. The van der Waals surface area contributed by atoms with Gasteiger partial charge in [0.2, 0.25) is 0 Å². The molecule has 12 heavy (non-hydrogen) atoms. The average molecular weight is 167 g/mol. The fourth-order valence-corrected chi connectivity index (χ4v) is 1.03. The molecule has 0 bridgehead atoms. The first-order chi connectivity index (χ1) is 5.52. The number of carbonyl (C=O) groups excluding carboxylic acids is 1.